The van der Waals surface area contributed by atoms with Crippen molar-refractivity contribution in [2.75, 3.05) is 6.54 Å². The Bertz CT molecular complexity index is 490. The van der Waals surface area contributed by atoms with E-state index in [1.54, 1.807) is 0 Å². The summed E-state index contributed by atoms with van der Waals surface area (Å²) in [5.41, 5.74) is 2.71. The summed E-state index contributed by atoms with van der Waals surface area (Å²) in [7, 11) is -0.865. The van der Waals surface area contributed by atoms with Crippen molar-refractivity contribution in [1.82, 2.24) is 5.32 Å². The van der Waals surface area contributed by atoms with Gasteiger partial charge in [-0.2, -0.15) is 0 Å². The van der Waals surface area contributed by atoms with Crippen LogP contribution in [0.1, 0.15) is 58.2 Å². The van der Waals surface area contributed by atoms with Crippen LogP contribution in [0.25, 0.3) is 0 Å². The average molecular weight is 279 g/mol. The van der Waals surface area contributed by atoms with E-state index in [0.29, 0.717) is 0 Å². The quantitative estimate of drug-likeness (QED) is 0.917. The van der Waals surface area contributed by atoms with E-state index in [-0.39, 0.29) is 16.7 Å². The van der Waals surface area contributed by atoms with Gasteiger partial charge < -0.3 is 5.32 Å². The van der Waals surface area contributed by atoms with Gasteiger partial charge in [0.25, 0.3) is 0 Å². The Balaban J connectivity index is 2.49. The molecule has 3 atom stereocenters. The molecule has 1 heterocycles. The lowest BCUT2D eigenvalue weighted by Crippen LogP contribution is -2.29. The Hall–Kier alpha value is -0.670. The van der Waals surface area contributed by atoms with Gasteiger partial charge in [0.15, 0.2) is 0 Å². The van der Waals surface area contributed by atoms with Gasteiger partial charge in [0.2, 0.25) is 0 Å². The smallest absolute Gasteiger partial charge is 0.0587 e. The van der Waals surface area contributed by atoms with Crippen molar-refractivity contribution >= 4 is 10.8 Å². The third-order valence-corrected chi connectivity index (χ3v) is 5.86. The van der Waals surface area contributed by atoms with Crippen molar-refractivity contribution in [3.8, 4) is 0 Å². The van der Waals surface area contributed by atoms with E-state index in [9.17, 15) is 4.21 Å². The van der Waals surface area contributed by atoms with Crippen LogP contribution in [0.3, 0.4) is 0 Å². The second-order valence-electron chi connectivity index (χ2n) is 6.28. The lowest BCUT2D eigenvalue weighted by Gasteiger charge is -2.22. The van der Waals surface area contributed by atoms with Crippen LogP contribution < -0.4 is 5.32 Å². The van der Waals surface area contributed by atoms with E-state index in [0.717, 1.165) is 17.9 Å². The Morgan fingerprint density at radius 2 is 1.95 bits per heavy atom. The summed E-state index contributed by atoms with van der Waals surface area (Å²) >= 11 is 0. The molecule has 19 heavy (non-hydrogen) atoms. The summed E-state index contributed by atoms with van der Waals surface area (Å²) in [4.78, 5) is 1.03. The van der Waals surface area contributed by atoms with Crippen LogP contribution in [-0.2, 0) is 16.2 Å². The largest absolute Gasteiger partial charge is 0.309 e. The Morgan fingerprint density at radius 3 is 2.47 bits per heavy atom. The molecule has 0 fully saturated rings. The highest BCUT2D eigenvalue weighted by Gasteiger charge is 2.37. The Labute approximate surface area is 119 Å². The molecule has 0 saturated heterocycles. The van der Waals surface area contributed by atoms with E-state index in [4.69, 9.17) is 0 Å². The maximum Gasteiger partial charge on any atom is 0.0587 e. The summed E-state index contributed by atoms with van der Waals surface area (Å²) in [5, 5.41) is 3.73. The highest BCUT2D eigenvalue weighted by Crippen LogP contribution is 2.40. The van der Waals surface area contributed by atoms with Crippen molar-refractivity contribution in [2.24, 2.45) is 0 Å². The molecule has 0 aliphatic carbocycles. The predicted octanol–water partition coefficient (Wildman–Crippen LogP) is 3.53. The van der Waals surface area contributed by atoms with Gasteiger partial charge in [0, 0.05) is 10.9 Å². The molecule has 0 radical (unpaired) electrons. The molecular weight excluding hydrogens is 254 g/mol. The van der Waals surface area contributed by atoms with Gasteiger partial charge in [-0.1, -0.05) is 46.8 Å². The van der Waals surface area contributed by atoms with E-state index >= 15 is 0 Å². The van der Waals surface area contributed by atoms with Crippen LogP contribution in [0.2, 0.25) is 0 Å². The highest BCUT2D eigenvalue weighted by molar-refractivity contribution is 7.86. The van der Waals surface area contributed by atoms with Crippen LogP contribution in [0.15, 0.2) is 23.1 Å². The minimum atomic E-state index is -0.865. The Morgan fingerprint density at radius 1 is 1.26 bits per heavy atom. The molecule has 2 nitrogen and oxygen atoms in total. The standard InChI is InChI=1S/C16H25NOS/c1-6-13-15(17-7-2)12-10-11(16(3,4)5)8-9-14(12)19(13)18/h8-10,13,15,17H,6-7H2,1-5H3. The van der Waals surface area contributed by atoms with Crippen molar-refractivity contribution < 1.29 is 4.21 Å². The first-order valence-electron chi connectivity index (χ1n) is 7.18. The van der Waals surface area contributed by atoms with Gasteiger partial charge in [-0.15, -0.1) is 0 Å². The fourth-order valence-corrected chi connectivity index (χ4v) is 4.52. The third-order valence-electron chi connectivity index (χ3n) is 3.90. The van der Waals surface area contributed by atoms with Gasteiger partial charge >= 0.3 is 0 Å². The third kappa shape index (κ3) is 2.63. The lowest BCUT2D eigenvalue weighted by molar-refractivity contribution is 0.517. The van der Waals surface area contributed by atoms with Crippen molar-refractivity contribution in [3.63, 3.8) is 0 Å². The normalized spacial score (nSPS) is 26.5. The molecule has 1 aromatic rings. The number of fused-ring (bicyclic) bond motifs is 1. The maximum absolute atomic E-state index is 12.5. The summed E-state index contributed by atoms with van der Waals surface area (Å²) in [5.74, 6) is 0. The minimum Gasteiger partial charge on any atom is -0.309 e. The first-order valence-corrected chi connectivity index (χ1v) is 8.39. The van der Waals surface area contributed by atoms with Crippen LogP contribution >= 0.6 is 0 Å². The molecule has 1 N–H and O–H groups in total. The fourth-order valence-electron chi connectivity index (χ4n) is 2.78. The zero-order valence-corrected chi connectivity index (χ0v) is 13.4. The zero-order chi connectivity index (χ0) is 14.2. The second kappa shape index (κ2) is 5.37. The molecule has 3 unspecified atom stereocenters. The number of benzene rings is 1. The fraction of sp³-hybridized carbons (Fsp3) is 0.625. The van der Waals surface area contributed by atoms with Crippen LogP contribution in [0.5, 0.6) is 0 Å². The first-order chi connectivity index (χ1) is 8.90. The van der Waals surface area contributed by atoms with Gasteiger partial charge in [0.1, 0.15) is 0 Å². The van der Waals surface area contributed by atoms with E-state index in [2.05, 4.69) is 58.1 Å². The van der Waals surface area contributed by atoms with Crippen LogP contribution in [0.4, 0.5) is 0 Å². The van der Waals surface area contributed by atoms with Gasteiger partial charge in [0.05, 0.1) is 16.0 Å². The lowest BCUT2D eigenvalue weighted by atomic mass is 9.85. The summed E-state index contributed by atoms with van der Waals surface area (Å²) in [6, 6.07) is 6.72. The van der Waals surface area contributed by atoms with E-state index < -0.39 is 10.8 Å². The number of hydrogen-bond donors (Lipinski definition) is 1. The summed E-state index contributed by atoms with van der Waals surface area (Å²) in [6.45, 7) is 11.8. The number of hydrogen-bond acceptors (Lipinski definition) is 2. The molecule has 0 amide bonds. The van der Waals surface area contributed by atoms with Gasteiger partial charge in [-0.3, -0.25) is 4.21 Å². The minimum absolute atomic E-state index is 0.136. The van der Waals surface area contributed by atoms with Gasteiger partial charge in [-0.25, -0.2) is 0 Å². The average Bonchev–Trinajstić information content (AvgIpc) is 2.61. The Kier molecular flexibility index (Phi) is 4.17. The molecule has 106 valence electrons. The molecule has 0 aromatic heterocycles. The van der Waals surface area contributed by atoms with Crippen molar-refractivity contribution in [3.05, 3.63) is 29.3 Å². The first kappa shape index (κ1) is 14.7. The molecule has 1 aliphatic rings. The predicted molar refractivity (Wildman–Crippen MR) is 82.0 cm³/mol. The molecule has 1 aliphatic heterocycles. The monoisotopic (exact) mass is 279 g/mol. The van der Waals surface area contributed by atoms with E-state index in [1.165, 1.54) is 11.1 Å². The summed E-state index contributed by atoms with van der Waals surface area (Å²) < 4.78 is 12.5. The van der Waals surface area contributed by atoms with Crippen LogP contribution in [0, 0.1) is 0 Å². The number of nitrogens with one attached hydrogen (secondary N) is 1. The van der Waals surface area contributed by atoms with Crippen molar-refractivity contribution in [2.45, 2.75) is 62.6 Å². The summed E-state index contributed by atoms with van der Waals surface area (Å²) in [6.07, 6.45) is 0.948. The molecule has 0 bridgehead atoms. The van der Waals surface area contributed by atoms with Crippen LogP contribution in [-0.4, -0.2) is 16.0 Å². The zero-order valence-electron chi connectivity index (χ0n) is 12.6. The van der Waals surface area contributed by atoms with Gasteiger partial charge in [-0.05, 0) is 35.6 Å². The maximum atomic E-state index is 12.5. The molecule has 1 aromatic carbocycles. The van der Waals surface area contributed by atoms with Crippen molar-refractivity contribution in [1.29, 1.82) is 0 Å². The molecule has 3 heteroatoms. The highest BCUT2D eigenvalue weighted by atomic mass is 32.2. The molecular formula is C16H25NOS. The molecule has 0 saturated carbocycles. The SMILES string of the molecule is CCNC1c2cc(C(C)(C)C)ccc2S(=O)C1CC. The topological polar surface area (TPSA) is 29.1 Å². The van der Waals surface area contributed by atoms with E-state index in [1.807, 2.05) is 0 Å². The molecule has 2 rings (SSSR count). The number of rotatable bonds is 3. The molecule has 0 spiro atoms. The second-order valence-corrected chi connectivity index (χ2v) is 7.92.